The molecule has 1 aromatic heterocycles. The Morgan fingerprint density at radius 3 is 2.65 bits per heavy atom. The van der Waals surface area contributed by atoms with Crippen molar-refractivity contribution in [3.8, 4) is 0 Å². The molecule has 0 bridgehead atoms. The normalized spacial score (nSPS) is 18.8. The number of aliphatic hydroxyl groups excluding tert-OH is 1. The van der Waals surface area contributed by atoms with Gasteiger partial charge in [0.25, 0.3) is 5.91 Å². The van der Waals surface area contributed by atoms with E-state index in [0.29, 0.717) is 23.7 Å². The zero-order chi connectivity index (χ0) is 21.8. The number of hydrogen-bond acceptors (Lipinski definition) is 4. The van der Waals surface area contributed by atoms with E-state index in [1.807, 2.05) is 31.3 Å². The summed E-state index contributed by atoms with van der Waals surface area (Å²) in [5, 5.41) is 19.3. The van der Waals surface area contributed by atoms with Crippen LogP contribution in [0.25, 0.3) is 10.8 Å². The van der Waals surface area contributed by atoms with Crippen LogP contribution in [0.4, 0.5) is 0 Å². The highest BCUT2D eigenvalue weighted by Crippen LogP contribution is 2.29. The van der Waals surface area contributed by atoms with E-state index in [2.05, 4.69) is 27.8 Å². The number of aromatic nitrogens is 1. The molecule has 1 heterocycles. The maximum atomic E-state index is 13.4. The van der Waals surface area contributed by atoms with Crippen molar-refractivity contribution in [2.24, 2.45) is 0 Å². The molecule has 5 nitrogen and oxygen atoms in total. The Bertz CT molecular complexity index is 1070. The lowest BCUT2D eigenvalue weighted by Crippen LogP contribution is -2.45. The van der Waals surface area contributed by atoms with Crippen molar-refractivity contribution in [1.82, 2.24) is 15.6 Å². The minimum atomic E-state index is -0.481. The maximum absolute atomic E-state index is 13.4. The molecule has 0 aliphatic heterocycles. The molecule has 2 atom stereocenters. The highest BCUT2D eigenvalue weighted by Gasteiger charge is 2.26. The predicted octanol–water partition coefficient (Wildman–Crippen LogP) is 4.23. The summed E-state index contributed by atoms with van der Waals surface area (Å²) in [6, 6.07) is 13.7. The second-order valence-electron chi connectivity index (χ2n) is 8.24. The third-order valence-corrected chi connectivity index (χ3v) is 6.29. The molecule has 162 valence electrons. The molecule has 1 aliphatic rings. The number of amides is 1. The third kappa shape index (κ3) is 4.90. The van der Waals surface area contributed by atoms with Gasteiger partial charge in [0.2, 0.25) is 0 Å². The van der Waals surface area contributed by atoms with Gasteiger partial charge in [0.05, 0.1) is 12.1 Å². The van der Waals surface area contributed by atoms with E-state index in [4.69, 9.17) is 11.6 Å². The second-order valence-corrected chi connectivity index (χ2v) is 8.62. The van der Waals surface area contributed by atoms with Gasteiger partial charge in [-0.3, -0.25) is 4.79 Å². The summed E-state index contributed by atoms with van der Waals surface area (Å²) in [5.74, 6) is -0.127. The fourth-order valence-corrected chi connectivity index (χ4v) is 4.60. The molecule has 0 radical (unpaired) electrons. The first kappa shape index (κ1) is 21.8. The third-order valence-electron chi connectivity index (χ3n) is 6.07. The number of hydrogen-bond donors (Lipinski definition) is 3. The average Bonchev–Trinajstić information content (AvgIpc) is 2.78. The number of pyridine rings is 1. The quantitative estimate of drug-likeness (QED) is 0.504. The Labute approximate surface area is 187 Å². The van der Waals surface area contributed by atoms with Gasteiger partial charge in [-0.25, -0.2) is 4.98 Å². The van der Waals surface area contributed by atoms with Gasteiger partial charge in [-0.15, -0.1) is 0 Å². The fraction of sp³-hybridized carbons (Fsp3) is 0.360. The van der Waals surface area contributed by atoms with E-state index >= 15 is 0 Å². The van der Waals surface area contributed by atoms with Crippen LogP contribution in [0.1, 0.15) is 52.7 Å². The van der Waals surface area contributed by atoms with Crippen molar-refractivity contribution in [1.29, 1.82) is 0 Å². The molecule has 2 aromatic carbocycles. The van der Waals surface area contributed by atoms with E-state index in [-0.39, 0.29) is 11.9 Å². The molecule has 1 fully saturated rings. The first-order chi connectivity index (χ1) is 15.1. The predicted molar refractivity (Wildman–Crippen MR) is 124 cm³/mol. The second kappa shape index (κ2) is 9.77. The van der Waals surface area contributed by atoms with Gasteiger partial charge in [-0.05, 0) is 65.9 Å². The molecule has 0 spiro atoms. The van der Waals surface area contributed by atoms with Crippen molar-refractivity contribution in [2.75, 3.05) is 7.05 Å². The number of aliphatic hydroxyl groups is 1. The van der Waals surface area contributed by atoms with Gasteiger partial charge in [-0.2, -0.15) is 0 Å². The molecule has 4 rings (SSSR count). The molecule has 3 aromatic rings. The number of carbonyl (C=O) groups excluding carboxylic acids is 1. The number of rotatable bonds is 6. The molecule has 1 unspecified atom stereocenters. The van der Waals surface area contributed by atoms with Crippen molar-refractivity contribution in [3.63, 3.8) is 0 Å². The van der Waals surface area contributed by atoms with Crippen molar-refractivity contribution in [2.45, 2.75) is 50.8 Å². The van der Waals surface area contributed by atoms with Gasteiger partial charge in [0.1, 0.15) is 5.15 Å². The Morgan fingerprint density at radius 2 is 1.94 bits per heavy atom. The van der Waals surface area contributed by atoms with Crippen molar-refractivity contribution < 1.29 is 9.90 Å². The van der Waals surface area contributed by atoms with Gasteiger partial charge in [0.15, 0.2) is 0 Å². The largest absolute Gasteiger partial charge is 0.391 e. The van der Waals surface area contributed by atoms with Crippen LogP contribution in [0, 0.1) is 0 Å². The zero-order valence-corrected chi connectivity index (χ0v) is 18.5. The minimum absolute atomic E-state index is 0.127. The summed E-state index contributed by atoms with van der Waals surface area (Å²) < 4.78 is 0. The SMILES string of the molecule is CNCc1c(C(=O)NC2CCCC[C@@H]2O)cc(Cc2ccc(Cl)nc2)c2ccccc12. The maximum Gasteiger partial charge on any atom is 0.251 e. The molecule has 0 saturated heterocycles. The summed E-state index contributed by atoms with van der Waals surface area (Å²) in [6.45, 7) is 0.583. The summed E-state index contributed by atoms with van der Waals surface area (Å²) in [4.78, 5) is 17.6. The lowest BCUT2D eigenvalue weighted by molar-refractivity contribution is 0.0716. The highest BCUT2D eigenvalue weighted by molar-refractivity contribution is 6.29. The summed E-state index contributed by atoms with van der Waals surface area (Å²) in [7, 11) is 1.88. The van der Waals surface area contributed by atoms with E-state index in [9.17, 15) is 9.90 Å². The molecule has 1 saturated carbocycles. The van der Waals surface area contributed by atoms with Crippen LogP contribution in [-0.2, 0) is 13.0 Å². The Morgan fingerprint density at radius 1 is 1.16 bits per heavy atom. The summed E-state index contributed by atoms with van der Waals surface area (Å²) in [5.41, 5.74) is 3.72. The Kier molecular flexibility index (Phi) is 6.86. The van der Waals surface area contributed by atoms with Gasteiger partial charge >= 0.3 is 0 Å². The number of nitrogens with one attached hydrogen (secondary N) is 2. The molecule has 31 heavy (non-hydrogen) atoms. The van der Waals surface area contributed by atoms with Crippen molar-refractivity contribution in [3.05, 3.63) is 76.1 Å². The molecule has 1 amide bonds. The van der Waals surface area contributed by atoms with Crippen LogP contribution >= 0.6 is 11.6 Å². The standard InChI is InChI=1S/C25H28ClN3O2/c1-27-15-21-19-7-3-2-6-18(19)17(12-16-10-11-24(26)28-14-16)13-20(21)25(31)29-22-8-4-5-9-23(22)30/h2-3,6-7,10-11,13-14,22-23,27,30H,4-5,8-9,12,15H2,1H3,(H,29,31)/t22?,23-/m0/s1. The highest BCUT2D eigenvalue weighted by atomic mass is 35.5. The Hall–Kier alpha value is -2.47. The summed E-state index contributed by atoms with van der Waals surface area (Å²) in [6.07, 6.45) is 5.52. The van der Waals surface area contributed by atoms with Crippen LogP contribution in [0.5, 0.6) is 0 Å². The number of carbonyl (C=O) groups is 1. The van der Waals surface area contributed by atoms with Crippen molar-refractivity contribution >= 4 is 28.3 Å². The van der Waals surface area contributed by atoms with Crippen LogP contribution in [-0.4, -0.2) is 35.2 Å². The number of benzene rings is 2. The fourth-order valence-electron chi connectivity index (χ4n) is 4.48. The molecular formula is C25H28ClN3O2. The van der Waals surface area contributed by atoms with Crippen LogP contribution in [0.3, 0.4) is 0 Å². The van der Waals surface area contributed by atoms with Gasteiger partial charge in [0, 0.05) is 18.3 Å². The monoisotopic (exact) mass is 437 g/mol. The van der Waals surface area contributed by atoms with E-state index in [1.54, 1.807) is 12.3 Å². The van der Waals surface area contributed by atoms with E-state index in [1.165, 1.54) is 0 Å². The van der Waals surface area contributed by atoms with Crippen LogP contribution in [0.2, 0.25) is 5.15 Å². The summed E-state index contributed by atoms with van der Waals surface area (Å²) >= 11 is 5.94. The smallest absolute Gasteiger partial charge is 0.251 e. The number of nitrogens with zero attached hydrogens (tertiary/aromatic N) is 1. The Balaban J connectivity index is 1.76. The van der Waals surface area contributed by atoms with E-state index in [0.717, 1.165) is 53.1 Å². The van der Waals surface area contributed by atoms with E-state index < -0.39 is 6.10 Å². The number of halogens is 1. The zero-order valence-electron chi connectivity index (χ0n) is 17.7. The van der Waals surface area contributed by atoms with Gasteiger partial charge in [-0.1, -0.05) is 54.8 Å². The minimum Gasteiger partial charge on any atom is -0.391 e. The lowest BCUT2D eigenvalue weighted by Gasteiger charge is -2.29. The molecule has 6 heteroatoms. The molecule has 3 N–H and O–H groups in total. The van der Waals surface area contributed by atoms with Gasteiger partial charge < -0.3 is 15.7 Å². The molecular weight excluding hydrogens is 410 g/mol. The van der Waals surface area contributed by atoms with Crippen LogP contribution < -0.4 is 10.6 Å². The number of fused-ring (bicyclic) bond motifs is 1. The average molecular weight is 438 g/mol. The first-order valence-electron chi connectivity index (χ1n) is 10.8. The lowest BCUT2D eigenvalue weighted by atomic mass is 9.90. The first-order valence-corrected chi connectivity index (χ1v) is 11.2. The molecule has 1 aliphatic carbocycles. The topological polar surface area (TPSA) is 74.2 Å². The van der Waals surface area contributed by atoms with Crippen LogP contribution in [0.15, 0.2) is 48.7 Å².